The Labute approximate surface area is 75.3 Å². The van der Waals surface area contributed by atoms with E-state index in [1.165, 1.54) is 0 Å². The molecule has 0 aliphatic rings. The molecule has 0 saturated heterocycles. The molecule has 0 saturated carbocycles. The van der Waals surface area contributed by atoms with Crippen LogP contribution in [0.25, 0.3) is 11.0 Å². The Kier molecular flexibility index (Phi) is 2.20. The van der Waals surface area contributed by atoms with Gasteiger partial charge in [-0.1, -0.05) is 17.3 Å². The molecule has 0 spiro atoms. The van der Waals surface area contributed by atoms with Gasteiger partial charge in [0.05, 0.1) is 12.6 Å². The highest BCUT2D eigenvalue weighted by Gasteiger charge is 2.00. The monoisotopic (exact) mass is 178 g/mol. The summed E-state index contributed by atoms with van der Waals surface area (Å²) in [6.07, 6.45) is 0. The molecule has 0 atom stereocenters. The van der Waals surface area contributed by atoms with Gasteiger partial charge in [0, 0.05) is 0 Å². The van der Waals surface area contributed by atoms with Gasteiger partial charge in [0.1, 0.15) is 12.2 Å². The van der Waals surface area contributed by atoms with Crippen molar-refractivity contribution in [2.75, 3.05) is 7.11 Å². The van der Waals surface area contributed by atoms with Gasteiger partial charge in [-0.05, 0) is 12.1 Å². The minimum absolute atomic E-state index is 0.497. The average molecular weight is 178 g/mol. The van der Waals surface area contributed by atoms with E-state index in [-0.39, 0.29) is 0 Å². The van der Waals surface area contributed by atoms with E-state index in [1.54, 1.807) is 11.8 Å². The second-order valence-corrected chi connectivity index (χ2v) is 2.58. The van der Waals surface area contributed by atoms with Gasteiger partial charge in [0.15, 0.2) is 0 Å². The van der Waals surface area contributed by atoms with Crippen LogP contribution in [0.15, 0.2) is 24.3 Å². The molecule has 68 valence electrons. The first-order chi connectivity index (χ1) is 6.42. The van der Waals surface area contributed by atoms with Gasteiger partial charge in [0.2, 0.25) is 0 Å². The lowest BCUT2D eigenvalue weighted by Gasteiger charge is -2.01. The number of aromatic nitrogens is 3. The van der Waals surface area contributed by atoms with Gasteiger partial charge < -0.3 is 4.84 Å². The predicted molar refractivity (Wildman–Crippen MR) is 47.7 cm³/mol. The second-order valence-electron chi connectivity index (χ2n) is 2.58. The number of benzene rings is 1. The third-order valence-electron chi connectivity index (χ3n) is 1.78. The molecule has 13 heavy (non-hydrogen) atoms. The molecule has 5 heteroatoms. The molecule has 0 amide bonds. The number of nitrogens with one attached hydrogen (secondary N) is 1. The first-order valence-electron chi connectivity index (χ1n) is 3.96. The van der Waals surface area contributed by atoms with E-state index in [0.29, 0.717) is 6.67 Å². The zero-order chi connectivity index (χ0) is 9.10. The number of nitrogens with zero attached hydrogens (tertiary/aromatic N) is 3. The highest BCUT2D eigenvalue weighted by Crippen LogP contribution is 2.08. The summed E-state index contributed by atoms with van der Waals surface area (Å²) >= 11 is 0. The Balaban J connectivity index is 2.35. The van der Waals surface area contributed by atoms with Crippen LogP contribution in [-0.2, 0) is 11.5 Å². The van der Waals surface area contributed by atoms with Crippen molar-refractivity contribution in [2.24, 2.45) is 0 Å². The minimum atomic E-state index is 0.497. The maximum atomic E-state index is 4.73. The predicted octanol–water partition coefficient (Wildman–Crippen LogP) is 0.540. The second kappa shape index (κ2) is 3.51. The molecule has 0 radical (unpaired) electrons. The van der Waals surface area contributed by atoms with E-state index in [2.05, 4.69) is 15.8 Å². The highest BCUT2D eigenvalue weighted by molar-refractivity contribution is 5.73. The normalized spacial score (nSPS) is 10.8. The Morgan fingerprint density at radius 2 is 2.31 bits per heavy atom. The summed E-state index contributed by atoms with van der Waals surface area (Å²) in [5, 5.41) is 7.95. The lowest BCUT2D eigenvalue weighted by Crippen LogP contribution is -2.17. The molecule has 1 N–H and O–H groups in total. The van der Waals surface area contributed by atoms with E-state index >= 15 is 0 Å². The third-order valence-corrected chi connectivity index (χ3v) is 1.78. The fourth-order valence-electron chi connectivity index (χ4n) is 1.16. The number of hydrogen-bond donors (Lipinski definition) is 1. The number of fused-ring (bicyclic) bond motifs is 1. The van der Waals surface area contributed by atoms with Gasteiger partial charge in [0.25, 0.3) is 0 Å². The van der Waals surface area contributed by atoms with Crippen LogP contribution < -0.4 is 5.48 Å². The van der Waals surface area contributed by atoms with Crippen LogP contribution in [0.5, 0.6) is 0 Å². The molecule has 1 heterocycles. The minimum Gasteiger partial charge on any atom is -0.303 e. The molecule has 2 rings (SSSR count). The van der Waals surface area contributed by atoms with Crippen molar-refractivity contribution in [3.8, 4) is 0 Å². The first-order valence-corrected chi connectivity index (χ1v) is 3.96. The van der Waals surface area contributed by atoms with Crippen molar-refractivity contribution in [2.45, 2.75) is 6.67 Å². The lowest BCUT2D eigenvalue weighted by molar-refractivity contribution is 0.0679. The molecule has 0 aliphatic carbocycles. The Morgan fingerprint density at radius 3 is 3.15 bits per heavy atom. The number of hydrogen-bond acceptors (Lipinski definition) is 4. The van der Waals surface area contributed by atoms with Crippen molar-refractivity contribution in [1.29, 1.82) is 0 Å². The van der Waals surface area contributed by atoms with Crippen molar-refractivity contribution >= 4 is 11.0 Å². The van der Waals surface area contributed by atoms with E-state index in [4.69, 9.17) is 4.84 Å². The zero-order valence-electron chi connectivity index (χ0n) is 7.27. The summed E-state index contributed by atoms with van der Waals surface area (Å²) in [4.78, 5) is 4.73. The number of para-hydroxylation sites is 1. The molecule has 0 aliphatic heterocycles. The topological polar surface area (TPSA) is 52.0 Å². The summed E-state index contributed by atoms with van der Waals surface area (Å²) in [6.45, 7) is 0.497. The standard InChI is InChI=1S/C8H10N4O/c1-13-9-6-12-8-5-3-2-4-7(8)10-11-12/h2-5,9H,6H2,1H3. The summed E-state index contributed by atoms with van der Waals surface area (Å²) < 4.78 is 1.73. The maximum Gasteiger partial charge on any atom is 0.116 e. The largest absolute Gasteiger partial charge is 0.303 e. The molecule has 5 nitrogen and oxygen atoms in total. The lowest BCUT2D eigenvalue weighted by atomic mass is 10.3. The van der Waals surface area contributed by atoms with Crippen LogP contribution in [0.1, 0.15) is 0 Å². The van der Waals surface area contributed by atoms with Gasteiger partial charge in [-0.2, -0.15) is 5.48 Å². The summed E-state index contributed by atoms with van der Waals surface area (Å²) in [5.74, 6) is 0. The van der Waals surface area contributed by atoms with Gasteiger partial charge in [-0.25, -0.2) is 4.68 Å². The molecule has 1 aromatic heterocycles. The SMILES string of the molecule is CONCn1nnc2ccccc21. The number of rotatable bonds is 3. The van der Waals surface area contributed by atoms with E-state index in [0.717, 1.165) is 11.0 Å². The third kappa shape index (κ3) is 1.51. The summed E-state index contributed by atoms with van der Waals surface area (Å²) in [7, 11) is 1.57. The molecule has 0 fully saturated rings. The molecule has 0 bridgehead atoms. The highest BCUT2D eigenvalue weighted by atomic mass is 16.6. The molecule has 0 unspecified atom stereocenters. The smallest absolute Gasteiger partial charge is 0.116 e. The maximum absolute atomic E-state index is 4.73. The van der Waals surface area contributed by atoms with Crippen LogP contribution >= 0.6 is 0 Å². The van der Waals surface area contributed by atoms with Crippen molar-refractivity contribution < 1.29 is 4.84 Å². The van der Waals surface area contributed by atoms with Gasteiger partial charge >= 0.3 is 0 Å². The Bertz CT molecular complexity index is 398. The quantitative estimate of drug-likeness (QED) is 0.697. The Morgan fingerprint density at radius 1 is 1.46 bits per heavy atom. The van der Waals surface area contributed by atoms with Crippen molar-refractivity contribution in [3.05, 3.63) is 24.3 Å². The van der Waals surface area contributed by atoms with Crippen LogP contribution in [-0.4, -0.2) is 22.1 Å². The fourth-order valence-corrected chi connectivity index (χ4v) is 1.16. The van der Waals surface area contributed by atoms with E-state index in [1.807, 2.05) is 24.3 Å². The average Bonchev–Trinajstić information content (AvgIpc) is 2.58. The van der Waals surface area contributed by atoms with E-state index < -0.39 is 0 Å². The molecule has 2 aromatic rings. The van der Waals surface area contributed by atoms with Crippen molar-refractivity contribution in [1.82, 2.24) is 20.5 Å². The number of hydroxylamine groups is 1. The van der Waals surface area contributed by atoms with Crippen LogP contribution in [0.3, 0.4) is 0 Å². The molecular weight excluding hydrogens is 168 g/mol. The summed E-state index contributed by atoms with van der Waals surface area (Å²) in [6, 6.07) is 7.78. The van der Waals surface area contributed by atoms with Crippen LogP contribution in [0.2, 0.25) is 0 Å². The summed E-state index contributed by atoms with van der Waals surface area (Å²) in [5.41, 5.74) is 4.59. The van der Waals surface area contributed by atoms with Crippen LogP contribution in [0, 0.1) is 0 Å². The zero-order valence-corrected chi connectivity index (χ0v) is 7.27. The van der Waals surface area contributed by atoms with E-state index in [9.17, 15) is 0 Å². The van der Waals surface area contributed by atoms with Crippen LogP contribution in [0.4, 0.5) is 0 Å². The van der Waals surface area contributed by atoms with Gasteiger partial charge in [-0.15, -0.1) is 5.10 Å². The molecule has 1 aromatic carbocycles. The Hall–Kier alpha value is -1.46. The van der Waals surface area contributed by atoms with Crippen molar-refractivity contribution in [3.63, 3.8) is 0 Å². The fraction of sp³-hybridized carbons (Fsp3) is 0.250. The molecular formula is C8H10N4O. The first kappa shape index (κ1) is 8.15. The van der Waals surface area contributed by atoms with Gasteiger partial charge in [-0.3, -0.25) is 0 Å².